The number of anilines is 2. The number of esters is 1. The molecule has 0 saturated carbocycles. The number of amides is 1. The van der Waals surface area contributed by atoms with Gasteiger partial charge in [0.15, 0.2) is 6.61 Å². The lowest BCUT2D eigenvalue weighted by Crippen LogP contribution is -2.21. The maximum absolute atomic E-state index is 13.7. The molecule has 2 aromatic carbocycles. The molecule has 38 heavy (non-hydrogen) atoms. The highest BCUT2D eigenvalue weighted by atomic mass is 19.4. The maximum Gasteiger partial charge on any atom is 0.418 e. The van der Waals surface area contributed by atoms with Gasteiger partial charge in [-0.3, -0.25) is 9.78 Å². The number of halogens is 6. The number of carbonyl (C=O) groups excluding carboxylic acids is 2. The van der Waals surface area contributed by atoms with Crippen LogP contribution in [0.1, 0.15) is 21.6 Å². The summed E-state index contributed by atoms with van der Waals surface area (Å²) in [5, 5.41) is 3.43. The lowest BCUT2D eigenvalue weighted by Gasteiger charge is -2.15. The number of carbonyl (C=O) groups is 2. The van der Waals surface area contributed by atoms with Crippen molar-refractivity contribution in [1.82, 2.24) is 9.97 Å². The van der Waals surface area contributed by atoms with Crippen molar-refractivity contribution in [2.24, 2.45) is 5.73 Å². The minimum atomic E-state index is -4.81. The molecular weight excluding hydrogens is 518 g/mol. The van der Waals surface area contributed by atoms with Gasteiger partial charge in [-0.25, -0.2) is 9.78 Å². The van der Waals surface area contributed by atoms with Gasteiger partial charge in [-0.2, -0.15) is 26.3 Å². The highest BCUT2D eigenvalue weighted by Gasteiger charge is 2.35. The van der Waals surface area contributed by atoms with Gasteiger partial charge in [0.05, 0.1) is 22.3 Å². The van der Waals surface area contributed by atoms with Crippen LogP contribution in [0.3, 0.4) is 0 Å². The highest BCUT2D eigenvalue weighted by molar-refractivity contribution is 5.95. The summed E-state index contributed by atoms with van der Waals surface area (Å²) in [4.78, 5) is 31.0. The summed E-state index contributed by atoms with van der Waals surface area (Å²) in [6.07, 6.45) is -7.93. The van der Waals surface area contributed by atoms with Crippen molar-refractivity contribution in [1.29, 1.82) is 0 Å². The predicted octanol–water partition coefficient (Wildman–Crippen LogP) is 5.72. The minimum absolute atomic E-state index is 0.0199. The molecule has 7 nitrogen and oxygen atoms in total. The number of benzene rings is 2. The fourth-order valence-electron chi connectivity index (χ4n) is 3.53. The number of pyridine rings is 2. The molecule has 196 valence electrons. The molecule has 0 aliphatic rings. The molecule has 0 aliphatic heterocycles. The molecule has 4 aromatic rings. The van der Waals surface area contributed by atoms with Crippen molar-refractivity contribution in [3.05, 3.63) is 83.7 Å². The Bertz CT molecular complexity index is 1520. The summed E-state index contributed by atoms with van der Waals surface area (Å²) in [7, 11) is 0. The summed E-state index contributed by atoms with van der Waals surface area (Å²) in [5.41, 5.74) is 2.94. The number of hydrogen-bond acceptors (Lipinski definition) is 6. The summed E-state index contributed by atoms with van der Waals surface area (Å²) >= 11 is 0. The van der Waals surface area contributed by atoms with Crippen molar-refractivity contribution in [3.8, 4) is 11.3 Å². The Labute approximate surface area is 210 Å². The number of nitrogens with one attached hydrogen (secondary N) is 1. The van der Waals surface area contributed by atoms with Crippen LogP contribution in [-0.4, -0.2) is 28.5 Å². The summed E-state index contributed by atoms with van der Waals surface area (Å²) in [6.45, 7) is -0.772. The van der Waals surface area contributed by atoms with Crippen LogP contribution < -0.4 is 11.1 Å². The fourth-order valence-corrected chi connectivity index (χ4v) is 3.53. The van der Waals surface area contributed by atoms with E-state index in [2.05, 4.69) is 20.0 Å². The van der Waals surface area contributed by atoms with Crippen molar-refractivity contribution in [3.63, 3.8) is 0 Å². The third kappa shape index (κ3) is 5.82. The largest absolute Gasteiger partial charge is 0.451 e. The molecule has 1 amide bonds. The molecule has 3 N–H and O–H groups in total. The molecule has 13 heteroatoms. The highest BCUT2D eigenvalue weighted by Crippen LogP contribution is 2.38. The van der Waals surface area contributed by atoms with Crippen LogP contribution in [0.25, 0.3) is 22.2 Å². The van der Waals surface area contributed by atoms with Gasteiger partial charge in [0.1, 0.15) is 5.69 Å². The Morgan fingerprint density at radius 1 is 0.895 bits per heavy atom. The van der Waals surface area contributed by atoms with E-state index in [-0.39, 0.29) is 11.1 Å². The van der Waals surface area contributed by atoms with Gasteiger partial charge in [-0.1, -0.05) is 12.1 Å². The van der Waals surface area contributed by atoms with Crippen LogP contribution in [0.4, 0.5) is 37.7 Å². The molecule has 0 fully saturated rings. The van der Waals surface area contributed by atoms with E-state index < -0.39 is 53.4 Å². The smallest absolute Gasteiger partial charge is 0.418 e. The standard InChI is InChI=1S/C25H16F6N4O3/c26-24(27,28)14-2-4-15(5-3-14)34-18-9-10-33-20-11-13(1-6-16(18)20)22-17(25(29,30)31)7-8-19(35-22)23(37)38-12-21(32)36/h1-11H,12H2,(H2,32,36)(H,33,34). The van der Waals surface area contributed by atoms with E-state index in [4.69, 9.17) is 5.73 Å². The van der Waals surface area contributed by atoms with E-state index in [1.807, 2.05) is 0 Å². The van der Waals surface area contributed by atoms with Crippen LogP contribution in [0, 0.1) is 0 Å². The Morgan fingerprint density at radius 2 is 1.61 bits per heavy atom. The summed E-state index contributed by atoms with van der Waals surface area (Å²) in [6, 6.07) is 11.5. The second-order valence-corrected chi connectivity index (χ2v) is 7.92. The van der Waals surface area contributed by atoms with E-state index in [1.54, 1.807) is 6.07 Å². The fraction of sp³-hybridized carbons (Fsp3) is 0.120. The Balaban J connectivity index is 1.71. The monoisotopic (exact) mass is 534 g/mol. The number of nitrogens with zero attached hydrogens (tertiary/aromatic N) is 2. The van der Waals surface area contributed by atoms with E-state index in [0.29, 0.717) is 22.8 Å². The SMILES string of the molecule is NC(=O)COC(=O)c1ccc(C(F)(F)F)c(-c2ccc3c(Nc4ccc(C(F)(F)F)cc4)ccnc3c2)n1. The molecule has 0 radical (unpaired) electrons. The number of nitrogens with two attached hydrogens (primary N) is 1. The summed E-state index contributed by atoms with van der Waals surface area (Å²) in [5.74, 6) is -2.09. The lowest BCUT2D eigenvalue weighted by molar-refractivity contribution is -0.138. The van der Waals surface area contributed by atoms with Crippen LogP contribution in [-0.2, 0) is 21.9 Å². The zero-order valence-corrected chi connectivity index (χ0v) is 19.0. The van der Waals surface area contributed by atoms with E-state index >= 15 is 0 Å². The quantitative estimate of drug-likeness (QED) is 0.242. The van der Waals surface area contributed by atoms with Gasteiger partial charge >= 0.3 is 18.3 Å². The normalized spacial score (nSPS) is 11.8. The van der Waals surface area contributed by atoms with Crippen molar-refractivity contribution in [2.45, 2.75) is 12.4 Å². The average molecular weight is 534 g/mol. The molecular formula is C25H16F6N4O3. The number of fused-ring (bicyclic) bond motifs is 1. The Kier molecular flexibility index (Phi) is 6.94. The average Bonchev–Trinajstić information content (AvgIpc) is 2.86. The van der Waals surface area contributed by atoms with Gasteiger partial charge in [-0.05, 0) is 48.5 Å². The number of alkyl halides is 6. The molecule has 0 aliphatic carbocycles. The van der Waals surface area contributed by atoms with E-state index in [9.17, 15) is 35.9 Å². The zero-order valence-electron chi connectivity index (χ0n) is 19.0. The molecule has 0 unspecified atom stereocenters. The number of hydrogen-bond donors (Lipinski definition) is 2. The van der Waals surface area contributed by atoms with Gasteiger partial charge in [0.25, 0.3) is 5.91 Å². The summed E-state index contributed by atoms with van der Waals surface area (Å²) < 4.78 is 84.3. The lowest BCUT2D eigenvalue weighted by atomic mass is 10.0. The molecule has 0 atom stereocenters. The van der Waals surface area contributed by atoms with Crippen LogP contribution in [0.2, 0.25) is 0 Å². The maximum atomic E-state index is 13.7. The number of ether oxygens (including phenoxy) is 1. The predicted molar refractivity (Wildman–Crippen MR) is 124 cm³/mol. The Morgan fingerprint density at radius 3 is 2.24 bits per heavy atom. The van der Waals surface area contributed by atoms with Gasteiger partial charge < -0.3 is 15.8 Å². The van der Waals surface area contributed by atoms with Gasteiger partial charge in [-0.15, -0.1) is 0 Å². The van der Waals surface area contributed by atoms with Crippen LogP contribution in [0.15, 0.2) is 66.9 Å². The molecule has 2 heterocycles. The second-order valence-electron chi connectivity index (χ2n) is 7.92. The molecule has 0 bridgehead atoms. The topological polar surface area (TPSA) is 107 Å². The number of rotatable bonds is 6. The van der Waals surface area contributed by atoms with Crippen LogP contribution in [0.5, 0.6) is 0 Å². The first-order valence-corrected chi connectivity index (χ1v) is 10.7. The third-order valence-electron chi connectivity index (χ3n) is 5.26. The first-order chi connectivity index (χ1) is 17.8. The first kappa shape index (κ1) is 26.4. The second kappa shape index (κ2) is 10.00. The van der Waals surface area contributed by atoms with Crippen molar-refractivity contribution < 1.29 is 40.7 Å². The molecule has 2 aromatic heterocycles. The van der Waals surface area contributed by atoms with Crippen molar-refractivity contribution in [2.75, 3.05) is 11.9 Å². The Hall–Kier alpha value is -4.68. The van der Waals surface area contributed by atoms with Crippen LogP contribution >= 0.6 is 0 Å². The molecule has 4 rings (SSSR count). The number of primary amides is 1. The third-order valence-corrected chi connectivity index (χ3v) is 5.26. The number of aromatic nitrogens is 2. The first-order valence-electron chi connectivity index (χ1n) is 10.7. The van der Waals surface area contributed by atoms with Gasteiger partial charge in [0.2, 0.25) is 0 Å². The van der Waals surface area contributed by atoms with Crippen molar-refractivity contribution >= 4 is 34.2 Å². The molecule has 0 spiro atoms. The van der Waals surface area contributed by atoms with E-state index in [1.165, 1.54) is 36.5 Å². The molecule has 0 saturated heterocycles. The van der Waals surface area contributed by atoms with E-state index in [0.717, 1.165) is 18.2 Å². The van der Waals surface area contributed by atoms with Gasteiger partial charge in [0, 0.05) is 28.5 Å². The zero-order chi connectivity index (χ0) is 27.7. The minimum Gasteiger partial charge on any atom is -0.451 e.